The summed E-state index contributed by atoms with van der Waals surface area (Å²) in [5, 5.41) is 0.603. The number of fused-ring (bicyclic) bond motifs is 1. The van der Waals surface area contributed by atoms with Gasteiger partial charge in [0.05, 0.1) is 15.1 Å². The van der Waals surface area contributed by atoms with Crippen LogP contribution in [0.4, 0.5) is 0 Å². The van der Waals surface area contributed by atoms with Crippen LogP contribution in [0.2, 0.25) is 5.02 Å². The van der Waals surface area contributed by atoms with Crippen LogP contribution < -0.4 is 4.80 Å². The number of carbonyl (C=O) groups is 1. The molecule has 0 N–H and O–H groups in total. The van der Waals surface area contributed by atoms with Gasteiger partial charge in [0, 0.05) is 30.7 Å². The van der Waals surface area contributed by atoms with E-state index in [9.17, 15) is 13.2 Å². The van der Waals surface area contributed by atoms with E-state index in [1.54, 1.807) is 12.1 Å². The number of benzene rings is 3. The molecule has 174 valence electrons. The Balaban J connectivity index is 1.61. The van der Waals surface area contributed by atoms with Crippen LogP contribution in [-0.2, 0) is 23.1 Å². The Labute approximate surface area is 207 Å². The summed E-state index contributed by atoms with van der Waals surface area (Å²) in [5.41, 5.74) is 2.09. The van der Waals surface area contributed by atoms with Crippen LogP contribution in [0.1, 0.15) is 15.9 Å². The number of halogens is 1. The number of rotatable bonds is 7. The number of thiazole rings is 1. The van der Waals surface area contributed by atoms with Gasteiger partial charge >= 0.3 is 0 Å². The number of hydrogen-bond donors (Lipinski definition) is 0. The molecule has 0 atom stereocenters. The van der Waals surface area contributed by atoms with Crippen molar-refractivity contribution in [2.45, 2.75) is 18.0 Å². The maximum atomic E-state index is 12.9. The normalized spacial score (nSPS) is 12.4. The van der Waals surface area contributed by atoms with Gasteiger partial charge in [0.25, 0.3) is 5.91 Å². The summed E-state index contributed by atoms with van der Waals surface area (Å²) in [7, 11) is -2.18. The number of allylic oxidation sites excluding steroid dienone is 1. The van der Waals surface area contributed by atoms with E-state index in [-0.39, 0.29) is 11.4 Å². The number of sulfonamides is 1. The van der Waals surface area contributed by atoms with Crippen molar-refractivity contribution in [3.8, 4) is 0 Å². The fourth-order valence-corrected chi connectivity index (χ4v) is 5.94. The lowest BCUT2D eigenvalue weighted by molar-refractivity contribution is 0.0998. The van der Waals surface area contributed by atoms with E-state index >= 15 is 0 Å². The Kier molecular flexibility index (Phi) is 7.13. The van der Waals surface area contributed by atoms with E-state index in [1.807, 2.05) is 47.0 Å². The molecule has 1 amide bonds. The van der Waals surface area contributed by atoms with Crippen molar-refractivity contribution in [2.24, 2.45) is 4.99 Å². The second-order valence-electron chi connectivity index (χ2n) is 7.58. The predicted molar refractivity (Wildman–Crippen MR) is 136 cm³/mol. The van der Waals surface area contributed by atoms with Gasteiger partial charge < -0.3 is 4.57 Å². The fraction of sp³-hybridized carbons (Fsp3) is 0.120. The standard InChI is InChI=1S/C25H22ClN3O3S2/c1-3-15-29-22-14-11-20(26)16-23(22)33-25(29)27-24(30)19-9-12-21(13-10-19)34(31,32)28(2)17-18-7-5-4-6-8-18/h3-14,16H,1,15,17H2,2H3. The highest BCUT2D eigenvalue weighted by molar-refractivity contribution is 7.89. The molecule has 0 fully saturated rings. The van der Waals surface area contributed by atoms with Gasteiger partial charge in [-0.3, -0.25) is 4.79 Å². The molecule has 4 aromatic rings. The van der Waals surface area contributed by atoms with Crippen molar-refractivity contribution in [1.82, 2.24) is 8.87 Å². The molecular weight excluding hydrogens is 490 g/mol. The van der Waals surface area contributed by atoms with E-state index in [1.165, 1.54) is 47.0 Å². The largest absolute Gasteiger partial charge is 0.312 e. The highest BCUT2D eigenvalue weighted by Gasteiger charge is 2.21. The van der Waals surface area contributed by atoms with Gasteiger partial charge in [0.1, 0.15) is 0 Å². The van der Waals surface area contributed by atoms with Crippen LogP contribution in [0.5, 0.6) is 0 Å². The van der Waals surface area contributed by atoms with Gasteiger partial charge in [0.15, 0.2) is 4.80 Å². The van der Waals surface area contributed by atoms with Crippen LogP contribution in [-0.4, -0.2) is 30.2 Å². The van der Waals surface area contributed by atoms with Crippen LogP contribution in [0.3, 0.4) is 0 Å². The summed E-state index contributed by atoms with van der Waals surface area (Å²) in [6.07, 6.45) is 1.73. The first-order valence-electron chi connectivity index (χ1n) is 10.4. The fourth-order valence-electron chi connectivity index (χ4n) is 3.46. The minimum atomic E-state index is -3.71. The molecule has 0 saturated carbocycles. The average Bonchev–Trinajstić information content (AvgIpc) is 3.15. The average molecular weight is 512 g/mol. The molecule has 0 unspecified atom stereocenters. The summed E-state index contributed by atoms with van der Waals surface area (Å²) in [6.45, 7) is 4.52. The first-order valence-corrected chi connectivity index (χ1v) is 13.0. The number of carbonyl (C=O) groups excluding carboxylic acids is 1. The van der Waals surface area contributed by atoms with Gasteiger partial charge in [0.2, 0.25) is 10.0 Å². The number of amides is 1. The van der Waals surface area contributed by atoms with Crippen molar-refractivity contribution < 1.29 is 13.2 Å². The first kappa shape index (κ1) is 24.1. The zero-order valence-electron chi connectivity index (χ0n) is 18.4. The third-order valence-electron chi connectivity index (χ3n) is 5.21. The second-order valence-corrected chi connectivity index (χ2v) is 11.1. The number of aromatic nitrogens is 1. The Hall–Kier alpha value is -3.04. The van der Waals surface area contributed by atoms with Gasteiger partial charge in [-0.25, -0.2) is 8.42 Å². The summed E-state index contributed by atoms with van der Waals surface area (Å²) in [5.74, 6) is -0.461. The van der Waals surface area contributed by atoms with Gasteiger partial charge in [-0.1, -0.05) is 59.3 Å². The molecule has 1 aromatic heterocycles. The first-order chi connectivity index (χ1) is 16.3. The Bertz CT molecular complexity index is 1520. The summed E-state index contributed by atoms with van der Waals surface area (Å²) >= 11 is 7.46. The number of hydrogen-bond acceptors (Lipinski definition) is 4. The van der Waals surface area contributed by atoms with Gasteiger partial charge in [-0.05, 0) is 48.0 Å². The third kappa shape index (κ3) is 5.05. The molecule has 0 saturated heterocycles. The quantitative estimate of drug-likeness (QED) is 0.324. The van der Waals surface area contributed by atoms with Crippen LogP contribution in [0.25, 0.3) is 10.2 Å². The van der Waals surface area contributed by atoms with Gasteiger partial charge in [-0.15, -0.1) is 6.58 Å². The Morgan fingerprint density at radius 2 is 1.82 bits per heavy atom. The minimum absolute atomic E-state index is 0.112. The zero-order valence-corrected chi connectivity index (χ0v) is 20.8. The maximum Gasteiger partial charge on any atom is 0.279 e. The van der Waals surface area contributed by atoms with E-state index in [0.717, 1.165) is 15.8 Å². The smallest absolute Gasteiger partial charge is 0.279 e. The molecule has 34 heavy (non-hydrogen) atoms. The van der Waals surface area contributed by atoms with Crippen LogP contribution in [0, 0.1) is 0 Å². The SMILES string of the molecule is C=CCn1c(=NC(=O)c2ccc(S(=O)(=O)N(C)Cc3ccccc3)cc2)sc2cc(Cl)ccc21. The van der Waals surface area contributed by atoms with Crippen molar-refractivity contribution in [1.29, 1.82) is 0 Å². The molecule has 0 spiro atoms. The minimum Gasteiger partial charge on any atom is -0.312 e. The van der Waals surface area contributed by atoms with Crippen molar-refractivity contribution in [3.05, 3.63) is 106 Å². The molecule has 0 radical (unpaired) electrons. The molecule has 0 aliphatic rings. The third-order valence-corrected chi connectivity index (χ3v) is 8.31. The predicted octanol–water partition coefficient (Wildman–Crippen LogP) is 5.10. The van der Waals surface area contributed by atoms with E-state index in [4.69, 9.17) is 11.6 Å². The molecule has 9 heteroatoms. The topological polar surface area (TPSA) is 71.7 Å². The van der Waals surface area contributed by atoms with Crippen molar-refractivity contribution in [3.63, 3.8) is 0 Å². The molecule has 0 bridgehead atoms. The lowest BCUT2D eigenvalue weighted by Gasteiger charge is -2.17. The Morgan fingerprint density at radius 1 is 1.12 bits per heavy atom. The molecule has 1 heterocycles. The van der Waals surface area contributed by atoms with Crippen LogP contribution in [0.15, 0.2) is 95.3 Å². The van der Waals surface area contributed by atoms with Gasteiger partial charge in [-0.2, -0.15) is 9.30 Å². The summed E-state index contributed by atoms with van der Waals surface area (Å²) in [4.78, 5) is 17.8. The maximum absolute atomic E-state index is 12.9. The van der Waals surface area contributed by atoms with Crippen LogP contribution >= 0.6 is 22.9 Å². The van der Waals surface area contributed by atoms with Crippen molar-refractivity contribution >= 4 is 49.1 Å². The van der Waals surface area contributed by atoms with E-state index in [2.05, 4.69) is 11.6 Å². The summed E-state index contributed by atoms with van der Waals surface area (Å²) < 4.78 is 30.0. The molecule has 6 nitrogen and oxygen atoms in total. The number of nitrogens with zero attached hydrogens (tertiary/aromatic N) is 3. The second kappa shape index (κ2) is 10.1. The highest BCUT2D eigenvalue weighted by atomic mass is 35.5. The monoisotopic (exact) mass is 511 g/mol. The Morgan fingerprint density at radius 3 is 2.50 bits per heavy atom. The molecular formula is C25H22ClN3O3S2. The lowest BCUT2D eigenvalue weighted by atomic mass is 10.2. The molecule has 0 aliphatic heterocycles. The molecule has 3 aromatic carbocycles. The van der Waals surface area contributed by atoms with E-state index in [0.29, 0.717) is 21.9 Å². The lowest BCUT2D eigenvalue weighted by Crippen LogP contribution is -2.26. The zero-order chi connectivity index (χ0) is 24.3. The van der Waals surface area contributed by atoms with E-state index < -0.39 is 15.9 Å². The van der Waals surface area contributed by atoms with Crippen molar-refractivity contribution in [2.75, 3.05) is 7.05 Å². The highest BCUT2D eigenvalue weighted by Crippen LogP contribution is 2.22. The summed E-state index contributed by atoms with van der Waals surface area (Å²) in [6, 6.07) is 20.7. The molecule has 0 aliphatic carbocycles. The molecule has 4 rings (SSSR count).